The molecule has 5 nitrogen and oxygen atoms in total. The summed E-state index contributed by atoms with van der Waals surface area (Å²) in [5, 5.41) is 14.6. The highest BCUT2D eigenvalue weighted by molar-refractivity contribution is 5.43. The summed E-state index contributed by atoms with van der Waals surface area (Å²) in [6.45, 7) is 3.00. The van der Waals surface area contributed by atoms with Crippen LogP contribution in [0.2, 0.25) is 0 Å². The van der Waals surface area contributed by atoms with Crippen LogP contribution in [-0.4, -0.2) is 22.0 Å². The van der Waals surface area contributed by atoms with Crippen molar-refractivity contribution in [1.29, 1.82) is 0 Å². The lowest BCUT2D eigenvalue weighted by Gasteiger charge is -2.29. The first-order valence-corrected chi connectivity index (χ1v) is 7.26. The Morgan fingerprint density at radius 2 is 2.33 bits per heavy atom. The quantitative estimate of drug-likeness (QED) is 0.940. The minimum Gasteiger partial charge on any atom is -0.497 e. The molecule has 2 unspecified atom stereocenters. The topological polar surface area (TPSA) is 56.5 Å². The zero-order valence-corrected chi connectivity index (χ0v) is 12.3. The van der Waals surface area contributed by atoms with E-state index >= 15 is 0 Å². The first-order valence-electron chi connectivity index (χ1n) is 7.26. The zero-order chi connectivity index (χ0) is 14.8. The van der Waals surface area contributed by atoms with Crippen LogP contribution in [0.4, 0.5) is 0 Å². The highest BCUT2D eigenvalue weighted by atomic mass is 16.5. The molecular weight excluding hydrogens is 268 g/mol. The van der Waals surface area contributed by atoms with Gasteiger partial charge in [0.2, 0.25) is 0 Å². The second kappa shape index (κ2) is 5.77. The van der Waals surface area contributed by atoms with Gasteiger partial charge in [-0.1, -0.05) is 6.92 Å². The molecule has 1 N–H and O–H groups in total. The lowest BCUT2D eigenvalue weighted by Crippen LogP contribution is -2.18. The number of aromatic nitrogens is 2. The number of methoxy groups -OCH3 is 1. The van der Waals surface area contributed by atoms with Gasteiger partial charge >= 0.3 is 0 Å². The van der Waals surface area contributed by atoms with E-state index in [9.17, 15) is 5.11 Å². The molecule has 2 heterocycles. The van der Waals surface area contributed by atoms with Crippen molar-refractivity contribution in [3.05, 3.63) is 41.7 Å². The molecule has 0 aliphatic carbocycles. The van der Waals surface area contributed by atoms with Crippen LogP contribution in [-0.2, 0) is 6.54 Å². The molecule has 2 aromatic rings. The van der Waals surface area contributed by atoms with Gasteiger partial charge in [-0.3, -0.25) is 4.68 Å². The van der Waals surface area contributed by atoms with E-state index in [1.165, 1.54) is 0 Å². The van der Waals surface area contributed by atoms with Crippen LogP contribution in [0.1, 0.15) is 43.1 Å². The van der Waals surface area contributed by atoms with E-state index in [1.54, 1.807) is 7.11 Å². The Morgan fingerprint density at radius 3 is 3.10 bits per heavy atom. The Hall–Kier alpha value is -2.01. The first kappa shape index (κ1) is 13.9. The van der Waals surface area contributed by atoms with Gasteiger partial charge in [0.15, 0.2) is 0 Å². The molecule has 0 saturated carbocycles. The van der Waals surface area contributed by atoms with Crippen molar-refractivity contribution >= 4 is 0 Å². The number of ether oxygens (including phenoxy) is 2. The molecule has 0 saturated heterocycles. The van der Waals surface area contributed by atoms with E-state index in [0.717, 1.165) is 29.8 Å². The fraction of sp³-hybridized carbons (Fsp3) is 0.438. The number of hydrogen-bond donors (Lipinski definition) is 1. The van der Waals surface area contributed by atoms with Gasteiger partial charge in [-0.2, -0.15) is 5.10 Å². The number of rotatable bonds is 4. The summed E-state index contributed by atoms with van der Waals surface area (Å²) in [6.07, 6.45) is 4.68. The highest BCUT2D eigenvalue weighted by Gasteiger charge is 2.29. The molecule has 2 atom stereocenters. The van der Waals surface area contributed by atoms with E-state index in [0.29, 0.717) is 12.2 Å². The Kier molecular flexibility index (Phi) is 3.84. The van der Waals surface area contributed by atoms with Gasteiger partial charge in [-0.05, 0) is 18.6 Å². The third-order valence-corrected chi connectivity index (χ3v) is 3.76. The van der Waals surface area contributed by atoms with Crippen LogP contribution in [0.25, 0.3) is 0 Å². The molecule has 0 radical (unpaired) electrons. The largest absolute Gasteiger partial charge is 0.497 e. The maximum Gasteiger partial charge on any atom is 0.130 e. The van der Waals surface area contributed by atoms with E-state index in [4.69, 9.17) is 9.47 Å². The van der Waals surface area contributed by atoms with Crippen LogP contribution in [0.5, 0.6) is 11.5 Å². The summed E-state index contributed by atoms with van der Waals surface area (Å²) in [5.74, 6) is 1.41. The molecule has 1 aromatic heterocycles. The normalized spacial score (nSPS) is 20.7. The predicted octanol–water partition coefficient (Wildman–Crippen LogP) is 2.86. The summed E-state index contributed by atoms with van der Waals surface area (Å²) >= 11 is 0. The summed E-state index contributed by atoms with van der Waals surface area (Å²) in [6, 6.07) is 5.52. The van der Waals surface area contributed by atoms with E-state index in [2.05, 4.69) is 12.0 Å². The van der Waals surface area contributed by atoms with Crippen molar-refractivity contribution in [3.63, 3.8) is 0 Å². The Morgan fingerprint density at radius 1 is 1.48 bits per heavy atom. The van der Waals surface area contributed by atoms with Crippen LogP contribution in [0, 0.1) is 0 Å². The molecule has 0 spiro atoms. The molecule has 3 rings (SSSR count). The lowest BCUT2D eigenvalue weighted by atomic mass is 9.96. The van der Waals surface area contributed by atoms with Gasteiger partial charge in [0.1, 0.15) is 17.6 Å². The zero-order valence-electron chi connectivity index (χ0n) is 12.3. The van der Waals surface area contributed by atoms with Gasteiger partial charge in [0.05, 0.1) is 19.4 Å². The molecule has 1 aliphatic heterocycles. The van der Waals surface area contributed by atoms with Gasteiger partial charge < -0.3 is 14.6 Å². The molecule has 21 heavy (non-hydrogen) atoms. The smallest absolute Gasteiger partial charge is 0.130 e. The molecule has 0 bridgehead atoms. The molecule has 0 amide bonds. The monoisotopic (exact) mass is 288 g/mol. The molecule has 0 fully saturated rings. The molecule has 1 aliphatic rings. The number of aliphatic hydroxyl groups is 1. The van der Waals surface area contributed by atoms with Crippen molar-refractivity contribution in [2.75, 3.05) is 7.11 Å². The van der Waals surface area contributed by atoms with E-state index in [-0.39, 0.29) is 6.10 Å². The summed E-state index contributed by atoms with van der Waals surface area (Å²) in [5.41, 5.74) is 1.81. The van der Waals surface area contributed by atoms with Crippen molar-refractivity contribution < 1.29 is 14.6 Å². The van der Waals surface area contributed by atoms with Crippen molar-refractivity contribution in [1.82, 2.24) is 9.78 Å². The van der Waals surface area contributed by atoms with Gasteiger partial charge in [0, 0.05) is 36.4 Å². The maximum absolute atomic E-state index is 10.3. The number of nitrogens with zero attached hydrogens (tertiary/aromatic N) is 2. The first-order chi connectivity index (χ1) is 10.2. The van der Waals surface area contributed by atoms with Crippen LogP contribution >= 0.6 is 0 Å². The van der Waals surface area contributed by atoms with E-state index < -0.39 is 6.10 Å². The van der Waals surface area contributed by atoms with Crippen LogP contribution in [0.15, 0.2) is 30.6 Å². The summed E-state index contributed by atoms with van der Waals surface area (Å²) in [4.78, 5) is 0. The fourth-order valence-electron chi connectivity index (χ4n) is 2.65. The average Bonchev–Trinajstić information content (AvgIpc) is 2.95. The van der Waals surface area contributed by atoms with Crippen molar-refractivity contribution in [2.24, 2.45) is 0 Å². The molecule has 1 aromatic carbocycles. The number of aryl methyl sites for hydroxylation is 1. The summed E-state index contributed by atoms with van der Waals surface area (Å²) in [7, 11) is 1.62. The van der Waals surface area contributed by atoms with Crippen LogP contribution in [0.3, 0.4) is 0 Å². The number of hydrogen-bond acceptors (Lipinski definition) is 4. The second-order valence-electron chi connectivity index (χ2n) is 5.30. The number of benzene rings is 1. The fourth-order valence-corrected chi connectivity index (χ4v) is 2.65. The highest BCUT2D eigenvalue weighted by Crippen LogP contribution is 2.42. The molecule has 5 heteroatoms. The SMILES string of the molecule is CCCn1cc(C2CC(O)c3ccc(OC)cc3O2)cn1. The predicted molar refractivity (Wildman–Crippen MR) is 78.5 cm³/mol. The van der Waals surface area contributed by atoms with Gasteiger partial charge in [-0.25, -0.2) is 0 Å². The minimum atomic E-state index is -0.529. The average molecular weight is 288 g/mol. The Labute approximate surface area is 124 Å². The Bertz CT molecular complexity index is 624. The van der Waals surface area contributed by atoms with Gasteiger partial charge in [-0.15, -0.1) is 0 Å². The molecular formula is C16H20N2O3. The van der Waals surface area contributed by atoms with Crippen molar-refractivity contribution in [2.45, 2.75) is 38.5 Å². The third-order valence-electron chi connectivity index (χ3n) is 3.76. The van der Waals surface area contributed by atoms with Gasteiger partial charge in [0.25, 0.3) is 0 Å². The van der Waals surface area contributed by atoms with Crippen LogP contribution < -0.4 is 9.47 Å². The number of fused-ring (bicyclic) bond motifs is 1. The van der Waals surface area contributed by atoms with E-state index in [1.807, 2.05) is 35.3 Å². The maximum atomic E-state index is 10.3. The lowest BCUT2D eigenvalue weighted by molar-refractivity contribution is 0.0654. The standard InChI is InChI=1S/C16H20N2O3/c1-3-6-18-10-11(9-17-18)15-8-14(19)13-5-4-12(20-2)7-16(13)21-15/h4-5,7,9-10,14-15,19H,3,6,8H2,1-2H3. The Balaban J connectivity index is 1.85. The third kappa shape index (κ3) is 2.74. The minimum absolute atomic E-state index is 0.176. The second-order valence-corrected chi connectivity index (χ2v) is 5.30. The summed E-state index contributed by atoms with van der Waals surface area (Å²) < 4.78 is 13.2. The van der Waals surface area contributed by atoms with Crippen molar-refractivity contribution in [3.8, 4) is 11.5 Å². The number of aliphatic hydroxyl groups excluding tert-OH is 1. The molecule has 112 valence electrons.